The van der Waals surface area contributed by atoms with Crippen LogP contribution in [0.15, 0.2) is 77.5 Å². The summed E-state index contributed by atoms with van der Waals surface area (Å²) in [5.74, 6) is 0.674. The van der Waals surface area contributed by atoms with Crippen LogP contribution in [0.2, 0.25) is 0 Å². The van der Waals surface area contributed by atoms with Gasteiger partial charge in [-0.15, -0.1) is 0 Å². The number of aliphatic carboxylic acids is 1. The number of aromatic nitrogens is 3. The number of oxazole rings is 1. The maximum absolute atomic E-state index is 11.1. The number of β-amino-alcohol motifs (C(OH)–C–C–N with tert-alkyl or cyclic N) is 1. The Hall–Kier alpha value is -5.67. The molecule has 1 atom stereocenters. The van der Waals surface area contributed by atoms with Gasteiger partial charge in [0.25, 0.3) is 0 Å². The van der Waals surface area contributed by atoms with E-state index in [0.717, 1.165) is 101 Å². The van der Waals surface area contributed by atoms with E-state index >= 15 is 0 Å². The lowest BCUT2D eigenvalue weighted by molar-refractivity contribution is -0.138. The minimum absolute atomic E-state index is 0.241. The highest BCUT2D eigenvalue weighted by Gasteiger charge is 2.24. The summed E-state index contributed by atoms with van der Waals surface area (Å²) in [7, 11) is 0. The van der Waals surface area contributed by atoms with Crippen molar-refractivity contribution in [3.63, 3.8) is 0 Å². The zero-order valence-corrected chi connectivity index (χ0v) is 31.2. The van der Waals surface area contributed by atoms with Gasteiger partial charge in [-0.05, 0) is 122 Å². The largest absolute Gasteiger partial charge is 0.481 e. The van der Waals surface area contributed by atoms with Crippen LogP contribution in [0, 0.1) is 31.1 Å². The van der Waals surface area contributed by atoms with Crippen molar-refractivity contribution in [3.8, 4) is 28.7 Å². The van der Waals surface area contributed by atoms with Crippen LogP contribution < -0.4 is 10.6 Å². The van der Waals surface area contributed by atoms with E-state index in [0.29, 0.717) is 47.5 Å². The minimum atomic E-state index is -0.723. The van der Waals surface area contributed by atoms with E-state index in [2.05, 4.69) is 58.6 Å². The molecular formula is C44H45N7O4. The Morgan fingerprint density at radius 3 is 2.51 bits per heavy atom. The van der Waals surface area contributed by atoms with E-state index in [-0.39, 0.29) is 18.4 Å². The zero-order chi connectivity index (χ0) is 38.1. The smallest absolute Gasteiger partial charge is 0.303 e. The standard InChI is InChI=1S/C44H45N7O4/c1-26-35(36-6-4-8-38(27(36)2)49-43-41-31(13-15-46-43)18-30(23-48-41)24-51-16-14-34(52)25-51)5-3-7-37(26)44-50-39-19-29(17-32(21-45)42(39)55-44)22-47-33-11-9-28(10-12-33)20-40(53)54/h3-8,13,15,17-19,23,28,33-34,47,52H,9-12,14,16,20,22,24-25H2,1-2H3,(H,46,49)(H,53,54)/t28?,33?,34-/m1/s1. The molecule has 0 spiro atoms. The van der Waals surface area contributed by atoms with Crippen LogP contribution in [0.4, 0.5) is 11.5 Å². The van der Waals surface area contributed by atoms with Crippen LogP contribution in [0.25, 0.3) is 44.6 Å². The van der Waals surface area contributed by atoms with Crippen LogP contribution in [-0.2, 0) is 17.9 Å². The first-order valence-corrected chi connectivity index (χ1v) is 19.1. The number of anilines is 2. The van der Waals surface area contributed by atoms with Gasteiger partial charge >= 0.3 is 5.97 Å². The van der Waals surface area contributed by atoms with E-state index in [9.17, 15) is 15.2 Å². The molecule has 4 N–H and O–H groups in total. The van der Waals surface area contributed by atoms with Crippen molar-refractivity contribution in [2.75, 3.05) is 18.4 Å². The molecule has 2 fully saturated rings. The lowest BCUT2D eigenvalue weighted by Crippen LogP contribution is -2.33. The summed E-state index contributed by atoms with van der Waals surface area (Å²) < 4.78 is 6.32. The molecule has 0 radical (unpaired) electrons. The molecule has 1 saturated heterocycles. The van der Waals surface area contributed by atoms with E-state index in [1.807, 2.05) is 48.7 Å². The molecular weight excluding hydrogens is 691 g/mol. The summed E-state index contributed by atoms with van der Waals surface area (Å²) in [6, 6.07) is 22.9. The maximum Gasteiger partial charge on any atom is 0.303 e. The summed E-state index contributed by atoms with van der Waals surface area (Å²) >= 11 is 0. The van der Waals surface area contributed by atoms with Crippen molar-refractivity contribution < 1.29 is 19.4 Å². The molecule has 1 aliphatic carbocycles. The number of rotatable bonds is 11. The SMILES string of the molecule is Cc1c(Nc2nccc3cc(CN4CC[C@@H](O)C4)cnc23)cccc1-c1cccc(-c2nc3cc(CNC4CCC(CC(=O)O)CC4)cc(C#N)c3o2)c1C. The van der Waals surface area contributed by atoms with Gasteiger partial charge in [0.2, 0.25) is 5.89 Å². The second kappa shape index (κ2) is 15.6. The van der Waals surface area contributed by atoms with Crippen molar-refractivity contribution >= 4 is 39.5 Å². The molecule has 11 nitrogen and oxygen atoms in total. The Morgan fingerprint density at radius 2 is 1.75 bits per heavy atom. The van der Waals surface area contributed by atoms with Gasteiger partial charge in [-0.1, -0.05) is 24.3 Å². The van der Waals surface area contributed by atoms with Gasteiger partial charge in [0.15, 0.2) is 11.4 Å². The predicted molar refractivity (Wildman–Crippen MR) is 213 cm³/mol. The fraction of sp³-hybridized carbons (Fsp3) is 0.341. The third-order valence-corrected chi connectivity index (χ3v) is 11.3. The second-order valence-corrected chi connectivity index (χ2v) is 15.2. The number of fused-ring (bicyclic) bond motifs is 2. The second-order valence-electron chi connectivity index (χ2n) is 15.2. The van der Waals surface area contributed by atoms with E-state index in [4.69, 9.17) is 19.5 Å². The fourth-order valence-electron chi connectivity index (χ4n) is 8.32. The van der Waals surface area contributed by atoms with Crippen LogP contribution >= 0.6 is 0 Å². The summed E-state index contributed by atoms with van der Waals surface area (Å²) in [6.07, 6.45) is 8.20. The number of carbonyl (C=O) groups is 1. The summed E-state index contributed by atoms with van der Waals surface area (Å²) in [5, 5.41) is 37.3. The Bertz CT molecular complexity index is 2430. The number of aliphatic hydroxyl groups is 1. The number of hydrogen-bond acceptors (Lipinski definition) is 10. The zero-order valence-electron chi connectivity index (χ0n) is 31.2. The van der Waals surface area contributed by atoms with E-state index in [1.165, 1.54) is 0 Å². The van der Waals surface area contributed by atoms with Crippen molar-refractivity contribution in [2.45, 2.75) is 77.6 Å². The number of nitriles is 1. The van der Waals surface area contributed by atoms with E-state index in [1.54, 1.807) is 6.20 Å². The van der Waals surface area contributed by atoms with E-state index < -0.39 is 5.97 Å². The highest BCUT2D eigenvalue weighted by Crippen LogP contribution is 2.38. The molecule has 11 heteroatoms. The normalized spacial score (nSPS) is 18.8. The molecule has 4 heterocycles. The Kier molecular flexibility index (Phi) is 10.3. The van der Waals surface area contributed by atoms with Crippen molar-refractivity contribution in [2.24, 2.45) is 5.92 Å². The molecule has 0 amide bonds. The summed E-state index contributed by atoms with van der Waals surface area (Å²) in [5.41, 5.74) is 10.4. The Morgan fingerprint density at radius 1 is 0.964 bits per heavy atom. The average molecular weight is 736 g/mol. The number of likely N-dealkylation sites (tertiary alicyclic amines) is 1. The molecule has 1 aliphatic heterocycles. The third kappa shape index (κ3) is 7.80. The topological polar surface area (TPSA) is 160 Å². The highest BCUT2D eigenvalue weighted by atomic mass is 16.4. The van der Waals surface area contributed by atoms with Crippen LogP contribution in [0.3, 0.4) is 0 Å². The van der Waals surface area contributed by atoms with Gasteiger partial charge in [-0.2, -0.15) is 5.26 Å². The maximum atomic E-state index is 11.1. The predicted octanol–water partition coefficient (Wildman–Crippen LogP) is 8.03. The summed E-state index contributed by atoms with van der Waals surface area (Å²) in [6.45, 7) is 7.10. The van der Waals surface area contributed by atoms with Crippen LogP contribution in [0.5, 0.6) is 0 Å². The molecule has 280 valence electrons. The Labute approximate surface area is 320 Å². The first-order chi connectivity index (χ1) is 26.7. The fourth-order valence-corrected chi connectivity index (χ4v) is 8.32. The number of hydrogen-bond donors (Lipinski definition) is 4. The van der Waals surface area contributed by atoms with Crippen LogP contribution in [-0.4, -0.2) is 61.3 Å². The number of nitrogens with zero attached hydrogens (tertiary/aromatic N) is 5. The monoisotopic (exact) mass is 735 g/mol. The van der Waals surface area contributed by atoms with Crippen molar-refractivity contribution in [3.05, 3.63) is 101 Å². The number of pyridine rings is 2. The van der Waals surface area contributed by atoms with Gasteiger partial charge in [0.05, 0.1) is 11.7 Å². The lowest BCUT2D eigenvalue weighted by atomic mass is 9.84. The Balaban J connectivity index is 1.02. The number of carboxylic acids is 1. The molecule has 3 aromatic heterocycles. The number of carboxylic acid groups (broad SMARTS) is 1. The quantitative estimate of drug-likeness (QED) is 0.102. The molecule has 55 heavy (non-hydrogen) atoms. The summed E-state index contributed by atoms with van der Waals surface area (Å²) in [4.78, 5) is 27.7. The van der Waals surface area contributed by atoms with Gasteiger partial charge in [0.1, 0.15) is 17.1 Å². The van der Waals surface area contributed by atoms with Gasteiger partial charge < -0.3 is 25.3 Å². The van der Waals surface area contributed by atoms with Crippen molar-refractivity contribution in [1.82, 2.24) is 25.2 Å². The minimum Gasteiger partial charge on any atom is -0.481 e. The molecule has 1 saturated carbocycles. The molecule has 0 bridgehead atoms. The molecule has 2 aliphatic rings. The highest BCUT2D eigenvalue weighted by molar-refractivity contribution is 5.91. The third-order valence-electron chi connectivity index (χ3n) is 11.3. The average Bonchev–Trinajstić information content (AvgIpc) is 3.80. The van der Waals surface area contributed by atoms with Gasteiger partial charge in [0, 0.05) is 67.7 Å². The molecule has 6 aromatic rings. The first-order valence-electron chi connectivity index (χ1n) is 19.1. The molecule has 3 aromatic carbocycles. The molecule has 8 rings (SSSR count). The number of nitrogens with one attached hydrogen (secondary N) is 2. The number of benzene rings is 3. The van der Waals surface area contributed by atoms with Crippen LogP contribution in [0.1, 0.15) is 66.3 Å². The number of aliphatic hydroxyl groups excluding tert-OH is 1. The van der Waals surface area contributed by atoms with Gasteiger partial charge in [-0.25, -0.2) is 9.97 Å². The van der Waals surface area contributed by atoms with Crippen molar-refractivity contribution in [1.29, 1.82) is 5.26 Å². The molecule has 0 unspecified atom stereocenters. The van der Waals surface area contributed by atoms with Gasteiger partial charge in [-0.3, -0.25) is 14.7 Å². The first kappa shape index (κ1) is 36.3. The lowest BCUT2D eigenvalue weighted by Gasteiger charge is -2.28.